The first-order valence-electron chi connectivity index (χ1n) is 25.7. The van der Waals surface area contributed by atoms with Gasteiger partial charge in [-0.3, -0.25) is 14.4 Å². The fourth-order valence-electron chi connectivity index (χ4n) is 7.61. The molecule has 0 bridgehead atoms. The van der Waals surface area contributed by atoms with Gasteiger partial charge in [-0.25, -0.2) is 0 Å². The van der Waals surface area contributed by atoms with Crippen molar-refractivity contribution in [1.82, 2.24) is 0 Å². The molecule has 342 valence electrons. The number of rotatable bonds is 47. The zero-order valence-corrected chi connectivity index (χ0v) is 39.1. The van der Waals surface area contributed by atoms with E-state index in [1.807, 2.05) is 0 Å². The predicted octanol–water partition coefficient (Wildman–Crippen LogP) is 16.6. The Morgan fingerprint density at radius 3 is 0.862 bits per heavy atom. The van der Waals surface area contributed by atoms with Crippen LogP contribution in [0.3, 0.4) is 0 Å². The minimum Gasteiger partial charge on any atom is -0.462 e. The van der Waals surface area contributed by atoms with Gasteiger partial charge in [-0.2, -0.15) is 0 Å². The largest absolute Gasteiger partial charge is 0.462 e. The van der Waals surface area contributed by atoms with E-state index in [0.29, 0.717) is 19.3 Å². The fourth-order valence-corrected chi connectivity index (χ4v) is 7.61. The number of allylic oxidation sites excluding steroid dienone is 2. The van der Waals surface area contributed by atoms with Crippen molar-refractivity contribution < 1.29 is 28.6 Å². The summed E-state index contributed by atoms with van der Waals surface area (Å²) in [5, 5.41) is 0. The Bertz CT molecular complexity index is 900. The summed E-state index contributed by atoms with van der Waals surface area (Å²) >= 11 is 0. The highest BCUT2D eigenvalue weighted by Gasteiger charge is 2.19. The predicted molar refractivity (Wildman–Crippen MR) is 247 cm³/mol. The second-order valence-electron chi connectivity index (χ2n) is 17.4. The second-order valence-corrected chi connectivity index (χ2v) is 17.4. The van der Waals surface area contributed by atoms with Gasteiger partial charge in [-0.1, -0.05) is 232 Å². The van der Waals surface area contributed by atoms with Gasteiger partial charge in [0.25, 0.3) is 0 Å². The average Bonchev–Trinajstić information content (AvgIpc) is 3.22. The molecular weight excluding hydrogens is 721 g/mol. The van der Waals surface area contributed by atoms with Crippen molar-refractivity contribution in [1.29, 1.82) is 0 Å². The number of unbranched alkanes of at least 4 members (excludes halogenated alkanes) is 34. The molecule has 0 aliphatic carbocycles. The minimum atomic E-state index is -0.765. The van der Waals surface area contributed by atoms with Crippen LogP contribution in [0.15, 0.2) is 12.2 Å². The fraction of sp³-hybridized carbons (Fsp3) is 0.904. The van der Waals surface area contributed by atoms with Gasteiger partial charge >= 0.3 is 17.9 Å². The molecule has 0 saturated carbocycles. The van der Waals surface area contributed by atoms with Gasteiger partial charge in [-0.05, 0) is 44.9 Å². The third kappa shape index (κ3) is 45.2. The standard InChI is InChI=1S/C52H98O6/c1-4-7-10-13-16-19-21-23-25-27-28-30-33-36-39-42-45-51(54)57-48-49(47-56-50(53)44-41-38-35-32-18-15-12-9-6-3)58-52(55)46-43-40-37-34-31-29-26-24-22-20-17-14-11-8-5-2/h25,27,49H,4-24,26,28-48H2,1-3H3/b27-25-/t49-/m1/s1. The van der Waals surface area contributed by atoms with Crippen LogP contribution >= 0.6 is 0 Å². The van der Waals surface area contributed by atoms with E-state index >= 15 is 0 Å². The van der Waals surface area contributed by atoms with Crippen LogP contribution in [0.1, 0.15) is 284 Å². The molecule has 6 nitrogen and oxygen atoms in total. The van der Waals surface area contributed by atoms with Gasteiger partial charge in [0.15, 0.2) is 6.10 Å². The van der Waals surface area contributed by atoms with Crippen LogP contribution in [0.2, 0.25) is 0 Å². The Hall–Kier alpha value is -1.85. The average molecular weight is 819 g/mol. The summed E-state index contributed by atoms with van der Waals surface area (Å²) in [6, 6.07) is 0. The van der Waals surface area contributed by atoms with Crippen LogP contribution in [0.25, 0.3) is 0 Å². The highest BCUT2D eigenvalue weighted by Crippen LogP contribution is 2.16. The van der Waals surface area contributed by atoms with Crippen molar-refractivity contribution in [3.8, 4) is 0 Å². The van der Waals surface area contributed by atoms with Crippen LogP contribution in [-0.2, 0) is 28.6 Å². The molecular formula is C52H98O6. The second kappa shape index (κ2) is 47.8. The summed E-state index contributed by atoms with van der Waals surface area (Å²) in [7, 11) is 0. The lowest BCUT2D eigenvalue weighted by Crippen LogP contribution is -2.30. The maximum atomic E-state index is 12.8. The Morgan fingerprint density at radius 2 is 0.569 bits per heavy atom. The molecule has 0 spiro atoms. The molecule has 0 fully saturated rings. The lowest BCUT2D eigenvalue weighted by atomic mass is 10.0. The van der Waals surface area contributed by atoms with Crippen molar-refractivity contribution >= 4 is 17.9 Å². The molecule has 0 aliphatic heterocycles. The highest BCUT2D eigenvalue weighted by molar-refractivity contribution is 5.71. The number of hydrogen-bond acceptors (Lipinski definition) is 6. The summed E-state index contributed by atoms with van der Waals surface area (Å²) < 4.78 is 16.8. The summed E-state index contributed by atoms with van der Waals surface area (Å²) in [6.45, 7) is 6.64. The van der Waals surface area contributed by atoms with E-state index < -0.39 is 6.10 Å². The van der Waals surface area contributed by atoms with E-state index in [2.05, 4.69) is 32.9 Å². The molecule has 0 rings (SSSR count). The van der Waals surface area contributed by atoms with Crippen LogP contribution in [0.5, 0.6) is 0 Å². The first-order chi connectivity index (χ1) is 28.5. The molecule has 0 aromatic carbocycles. The molecule has 0 heterocycles. The van der Waals surface area contributed by atoms with E-state index in [9.17, 15) is 14.4 Å². The highest BCUT2D eigenvalue weighted by atomic mass is 16.6. The van der Waals surface area contributed by atoms with Gasteiger partial charge in [-0.15, -0.1) is 0 Å². The van der Waals surface area contributed by atoms with Gasteiger partial charge in [0.1, 0.15) is 13.2 Å². The van der Waals surface area contributed by atoms with Crippen LogP contribution in [0, 0.1) is 0 Å². The molecule has 0 amide bonds. The molecule has 6 heteroatoms. The quantitative estimate of drug-likeness (QED) is 0.0263. The van der Waals surface area contributed by atoms with Crippen molar-refractivity contribution in [3.63, 3.8) is 0 Å². The van der Waals surface area contributed by atoms with Gasteiger partial charge < -0.3 is 14.2 Å². The van der Waals surface area contributed by atoms with Crippen molar-refractivity contribution in [2.75, 3.05) is 13.2 Å². The molecule has 1 atom stereocenters. The molecule has 0 saturated heterocycles. The van der Waals surface area contributed by atoms with Gasteiger partial charge in [0.2, 0.25) is 0 Å². The third-order valence-corrected chi connectivity index (χ3v) is 11.5. The number of ether oxygens (including phenoxy) is 3. The van der Waals surface area contributed by atoms with E-state index in [-0.39, 0.29) is 31.1 Å². The molecule has 0 aromatic heterocycles. The Morgan fingerprint density at radius 1 is 0.328 bits per heavy atom. The monoisotopic (exact) mass is 819 g/mol. The van der Waals surface area contributed by atoms with Crippen LogP contribution in [-0.4, -0.2) is 37.2 Å². The summed E-state index contributed by atoms with van der Waals surface area (Å²) in [6.07, 6.45) is 52.0. The number of carbonyl (C=O) groups is 3. The van der Waals surface area contributed by atoms with E-state index in [4.69, 9.17) is 14.2 Å². The van der Waals surface area contributed by atoms with Gasteiger partial charge in [0, 0.05) is 19.3 Å². The number of esters is 3. The van der Waals surface area contributed by atoms with Crippen molar-refractivity contribution in [2.24, 2.45) is 0 Å². The smallest absolute Gasteiger partial charge is 0.306 e. The normalized spacial score (nSPS) is 12.0. The number of carbonyl (C=O) groups excluding carboxylic acids is 3. The molecule has 58 heavy (non-hydrogen) atoms. The first kappa shape index (κ1) is 56.1. The zero-order chi connectivity index (χ0) is 42.3. The third-order valence-electron chi connectivity index (χ3n) is 11.5. The van der Waals surface area contributed by atoms with Crippen LogP contribution in [0.4, 0.5) is 0 Å². The zero-order valence-electron chi connectivity index (χ0n) is 39.1. The van der Waals surface area contributed by atoms with Crippen LogP contribution < -0.4 is 0 Å². The molecule has 0 aliphatic rings. The summed E-state index contributed by atoms with van der Waals surface area (Å²) in [5.41, 5.74) is 0. The first-order valence-corrected chi connectivity index (χ1v) is 25.7. The number of hydrogen-bond donors (Lipinski definition) is 0. The Balaban J connectivity index is 4.29. The minimum absolute atomic E-state index is 0.0678. The molecule has 0 aromatic rings. The van der Waals surface area contributed by atoms with E-state index in [0.717, 1.165) is 64.2 Å². The Kier molecular flexibility index (Phi) is 46.3. The summed E-state index contributed by atoms with van der Waals surface area (Å²) in [4.78, 5) is 37.8. The Labute approximate surface area is 360 Å². The van der Waals surface area contributed by atoms with Crippen molar-refractivity contribution in [3.05, 3.63) is 12.2 Å². The van der Waals surface area contributed by atoms with E-state index in [1.54, 1.807) is 0 Å². The molecule has 0 N–H and O–H groups in total. The topological polar surface area (TPSA) is 78.9 Å². The summed E-state index contributed by atoms with van der Waals surface area (Å²) in [5.74, 6) is -0.863. The molecule has 0 radical (unpaired) electrons. The lowest BCUT2D eigenvalue weighted by Gasteiger charge is -2.18. The van der Waals surface area contributed by atoms with Gasteiger partial charge in [0.05, 0.1) is 0 Å². The SMILES string of the molecule is CCCCCCCCC/C=C\CCCCCCCC(=O)OC[C@@H](COC(=O)CCCCCCCCCCC)OC(=O)CCCCCCCCCCCCCCCCC. The maximum absolute atomic E-state index is 12.8. The molecule has 0 unspecified atom stereocenters. The lowest BCUT2D eigenvalue weighted by molar-refractivity contribution is -0.167. The van der Waals surface area contributed by atoms with E-state index in [1.165, 1.54) is 180 Å². The van der Waals surface area contributed by atoms with Crippen molar-refractivity contribution in [2.45, 2.75) is 290 Å². The maximum Gasteiger partial charge on any atom is 0.306 e.